The summed E-state index contributed by atoms with van der Waals surface area (Å²) in [4.78, 5) is 10.7. The van der Waals surface area contributed by atoms with Crippen molar-refractivity contribution in [1.29, 1.82) is 0 Å². The first-order valence-corrected chi connectivity index (χ1v) is 7.09. The average Bonchev–Trinajstić information content (AvgIpc) is 2.57. The summed E-state index contributed by atoms with van der Waals surface area (Å²) in [6, 6.07) is 15.9. The molecule has 3 rings (SSSR count). The number of benzene rings is 2. The Morgan fingerprint density at radius 3 is 2.70 bits per heavy atom. The predicted molar refractivity (Wildman–Crippen MR) is 91.0 cm³/mol. The van der Waals surface area contributed by atoms with Gasteiger partial charge in [0, 0.05) is 11.5 Å². The monoisotopic (exact) mass is 310 g/mol. The second kappa shape index (κ2) is 7.84. The van der Waals surface area contributed by atoms with E-state index >= 15 is 0 Å². The van der Waals surface area contributed by atoms with Gasteiger partial charge in [0.05, 0.1) is 7.11 Å². The normalized spacial score (nSPS) is 9.78. The van der Waals surface area contributed by atoms with Crippen LogP contribution < -0.4 is 10.4 Å². The SMILES string of the molecule is C=CCc1ccc(O)c(OC)c1.O=c1ccc2ccccc2o1. The van der Waals surface area contributed by atoms with Crippen molar-refractivity contribution in [3.05, 3.63) is 83.2 Å². The maximum absolute atomic E-state index is 10.7. The van der Waals surface area contributed by atoms with Gasteiger partial charge in [-0.2, -0.15) is 0 Å². The summed E-state index contributed by atoms with van der Waals surface area (Å²) in [5.74, 6) is 0.680. The van der Waals surface area contributed by atoms with Crippen LogP contribution in [-0.4, -0.2) is 12.2 Å². The fourth-order valence-electron chi connectivity index (χ4n) is 2.03. The first-order valence-electron chi connectivity index (χ1n) is 7.09. The number of hydrogen-bond donors (Lipinski definition) is 1. The molecule has 0 saturated carbocycles. The van der Waals surface area contributed by atoms with Gasteiger partial charge in [0.2, 0.25) is 0 Å². The van der Waals surface area contributed by atoms with Crippen molar-refractivity contribution >= 4 is 11.0 Å². The van der Waals surface area contributed by atoms with Crippen LogP contribution in [0.3, 0.4) is 0 Å². The van der Waals surface area contributed by atoms with Gasteiger partial charge in [-0.25, -0.2) is 4.79 Å². The fraction of sp³-hybridized carbons (Fsp3) is 0.105. The number of fused-ring (bicyclic) bond motifs is 1. The first-order chi connectivity index (χ1) is 11.1. The molecule has 0 aliphatic rings. The molecular formula is C19H18O4. The van der Waals surface area contributed by atoms with Crippen molar-refractivity contribution in [2.75, 3.05) is 7.11 Å². The summed E-state index contributed by atoms with van der Waals surface area (Å²) in [7, 11) is 1.53. The smallest absolute Gasteiger partial charge is 0.336 e. The van der Waals surface area contributed by atoms with E-state index in [4.69, 9.17) is 9.15 Å². The van der Waals surface area contributed by atoms with E-state index in [-0.39, 0.29) is 11.4 Å². The van der Waals surface area contributed by atoms with E-state index in [9.17, 15) is 9.90 Å². The average molecular weight is 310 g/mol. The Morgan fingerprint density at radius 1 is 1.17 bits per heavy atom. The van der Waals surface area contributed by atoms with Crippen LogP contribution in [0.2, 0.25) is 0 Å². The van der Waals surface area contributed by atoms with Gasteiger partial charge < -0.3 is 14.3 Å². The molecule has 0 amide bonds. The molecule has 0 saturated heterocycles. The summed E-state index contributed by atoms with van der Waals surface area (Å²) in [6.45, 7) is 3.63. The van der Waals surface area contributed by atoms with Crippen molar-refractivity contribution in [2.45, 2.75) is 6.42 Å². The molecule has 1 heterocycles. The molecule has 0 unspecified atom stereocenters. The zero-order chi connectivity index (χ0) is 16.7. The molecule has 0 bridgehead atoms. The molecule has 0 spiro atoms. The Balaban J connectivity index is 0.000000167. The Bertz CT molecular complexity index is 849. The van der Waals surface area contributed by atoms with Crippen LogP contribution in [-0.2, 0) is 6.42 Å². The van der Waals surface area contributed by atoms with E-state index in [2.05, 4.69) is 6.58 Å². The van der Waals surface area contributed by atoms with Gasteiger partial charge in [0.15, 0.2) is 11.5 Å². The second-order valence-electron chi connectivity index (χ2n) is 4.79. The van der Waals surface area contributed by atoms with E-state index in [0.29, 0.717) is 11.3 Å². The van der Waals surface area contributed by atoms with Crippen molar-refractivity contribution in [3.8, 4) is 11.5 Å². The lowest BCUT2D eigenvalue weighted by atomic mass is 10.1. The third kappa shape index (κ3) is 4.48. The van der Waals surface area contributed by atoms with Gasteiger partial charge in [-0.15, -0.1) is 6.58 Å². The molecule has 118 valence electrons. The van der Waals surface area contributed by atoms with Crippen molar-refractivity contribution in [2.24, 2.45) is 0 Å². The highest BCUT2D eigenvalue weighted by molar-refractivity contribution is 5.75. The quantitative estimate of drug-likeness (QED) is 0.588. The minimum absolute atomic E-state index is 0.172. The van der Waals surface area contributed by atoms with Crippen LogP contribution in [0.5, 0.6) is 11.5 Å². The van der Waals surface area contributed by atoms with E-state index in [1.54, 1.807) is 24.3 Å². The lowest BCUT2D eigenvalue weighted by Crippen LogP contribution is -1.93. The van der Waals surface area contributed by atoms with E-state index in [0.717, 1.165) is 17.4 Å². The predicted octanol–water partition coefficient (Wildman–Crippen LogP) is 3.92. The van der Waals surface area contributed by atoms with Gasteiger partial charge in [0.1, 0.15) is 5.58 Å². The molecule has 2 aromatic carbocycles. The summed E-state index contributed by atoms with van der Waals surface area (Å²) in [5.41, 5.74) is 1.42. The standard InChI is InChI=1S/C10H12O2.C9H6O2/c1-3-4-8-5-6-9(11)10(7-8)12-2;10-9-6-5-7-3-1-2-4-8(7)11-9/h3,5-7,11H,1,4H2,2H3;1-6H. The molecule has 0 aliphatic carbocycles. The number of rotatable bonds is 3. The Kier molecular flexibility index (Phi) is 5.58. The number of phenols is 1. The van der Waals surface area contributed by atoms with Crippen LogP contribution in [0, 0.1) is 0 Å². The van der Waals surface area contributed by atoms with Gasteiger partial charge >= 0.3 is 5.63 Å². The van der Waals surface area contributed by atoms with E-state index in [1.165, 1.54) is 13.2 Å². The van der Waals surface area contributed by atoms with E-state index < -0.39 is 0 Å². The van der Waals surface area contributed by atoms with Gasteiger partial charge in [-0.3, -0.25) is 0 Å². The highest BCUT2D eigenvalue weighted by Crippen LogP contribution is 2.26. The molecule has 1 aromatic heterocycles. The lowest BCUT2D eigenvalue weighted by molar-refractivity contribution is 0.373. The Labute approximate surface area is 134 Å². The fourth-order valence-corrected chi connectivity index (χ4v) is 2.03. The minimum atomic E-state index is -0.302. The first kappa shape index (κ1) is 16.4. The van der Waals surface area contributed by atoms with Crippen LogP contribution in [0.1, 0.15) is 5.56 Å². The Hall–Kier alpha value is -3.01. The molecule has 0 fully saturated rings. The van der Waals surface area contributed by atoms with Crippen molar-refractivity contribution in [3.63, 3.8) is 0 Å². The lowest BCUT2D eigenvalue weighted by Gasteiger charge is -2.04. The minimum Gasteiger partial charge on any atom is -0.504 e. The van der Waals surface area contributed by atoms with Crippen LogP contribution in [0.25, 0.3) is 11.0 Å². The summed E-state index contributed by atoms with van der Waals surface area (Å²) in [5, 5.41) is 10.2. The zero-order valence-corrected chi connectivity index (χ0v) is 12.9. The molecule has 23 heavy (non-hydrogen) atoms. The third-order valence-corrected chi connectivity index (χ3v) is 3.15. The maximum atomic E-state index is 10.7. The molecule has 0 atom stereocenters. The molecular weight excluding hydrogens is 292 g/mol. The van der Waals surface area contributed by atoms with Crippen LogP contribution in [0.15, 0.2) is 76.5 Å². The second-order valence-corrected chi connectivity index (χ2v) is 4.79. The number of aromatic hydroxyl groups is 1. The molecule has 4 heteroatoms. The maximum Gasteiger partial charge on any atom is 0.336 e. The molecule has 0 radical (unpaired) electrons. The summed E-state index contributed by atoms with van der Waals surface area (Å²) < 4.78 is 9.85. The molecule has 3 aromatic rings. The number of ether oxygens (including phenoxy) is 1. The number of phenolic OH excluding ortho intramolecular Hbond substituents is 1. The number of para-hydroxylation sites is 1. The topological polar surface area (TPSA) is 59.7 Å². The number of allylic oxidation sites excluding steroid dienone is 1. The number of methoxy groups -OCH3 is 1. The molecule has 1 N–H and O–H groups in total. The van der Waals surface area contributed by atoms with Crippen molar-refractivity contribution in [1.82, 2.24) is 0 Å². The largest absolute Gasteiger partial charge is 0.504 e. The molecule has 0 aliphatic heterocycles. The zero-order valence-electron chi connectivity index (χ0n) is 12.9. The van der Waals surface area contributed by atoms with Gasteiger partial charge in [-0.05, 0) is 36.2 Å². The number of hydrogen-bond acceptors (Lipinski definition) is 4. The Morgan fingerprint density at radius 2 is 1.96 bits per heavy atom. The third-order valence-electron chi connectivity index (χ3n) is 3.15. The molecule has 4 nitrogen and oxygen atoms in total. The van der Waals surface area contributed by atoms with Gasteiger partial charge in [0.25, 0.3) is 0 Å². The van der Waals surface area contributed by atoms with Gasteiger partial charge in [-0.1, -0.05) is 30.3 Å². The van der Waals surface area contributed by atoms with Crippen LogP contribution >= 0.6 is 0 Å². The summed E-state index contributed by atoms with van der Waals surface area (Å²) >= 11 is 0. The highest BCUT2D eigenvalue weighted by atomic mass is 16.5. The highest BCUT2D eigenvalue weighted by Gasteiger charge is 2.00. The van der Waals surface area contributed by atoms with Crippen LogP contribution in [0.4, 0.5) is 0 Å². The van der Waals surface area contributed by atoms with E-state index in [1.807, 2.05) is 30.3 Å². The van der Waals surface area contributed by atoms with Crippen molar-refractivity contribution < 1.29 is 14.3 Å². The summed E-state index contributed by atoms with van der Waals surface area (Å²) in [6.07, 6.45) is 2.60.